The van der Waals surface area contributed by atoms with E-state index in [0.717, 1.165) is 93.2 Å². The third-order valence-corrected chi connectivity index (χ3v) is 19.2. The number of rotatable bonds is 48. The van der Waals surface area contributed by atoms with Gasteiger partial charge in [-0.1, -0.05) is 240 Å². The summed E-state index contributed by atoms with van der Waals surface area (Å²) in [5, 5.41) is 18.2. The summed E-state index contributed by atoms with van der Waals surface area (Å²) in [6.07, 6.45) is 40.2. The number of unbranched alkanes of at least 4 members (excludes halogenated alkanes) is 28. The highest BCUT2D eigenvalue weighted by Crippen LogP contribution is 2.37. The Morgan fingerprint density at radius 1 is 0.231 bits per heavy atom. The zero-order valence-corrected chi connectivity index (χ0v) is 62.5. The summed E-state index contributed by atoms with van der Waals surface area (Å²) < 4.78 is 49.1. The molecule has 0 radical (unpaired) electrons. The van der Waals surface area contributed by atoms with Crippen molar-refractivity contribution >= 4 is 0 Å². The third kappa shape index (κ3) is 25.7. The molecule has 0 aliphatic heterocycles. The average Bonchev–Trinajstić information content (AvgIpc) is 1.70. The summed E-state index contributed by atoms with van der Waals surface area (Å²) >= 11 is 0. The molecule has 0 aliphatic carbocycles. The smallest absolute Gasteiger partial charge is 0.167 e. The second-order valence-corrected chi connectivity index (χ2v) is 27.8. The van der Waals surface area contributed by atoms with Gasteiger partial charge in [0, 0.05) is 79.9 Å². The zero-order chi connectivity index (χ0) is 71.9. The van der Waals surface area contributed by atoms with Crippen LogP contribution in [0.15, 0.2) is 176 Å². The second kappa shape index (κ2) is 44.2. The van der Waals surface area contributed by atoms with Gasteiger partial charge in [-0.15, -0.1) is 0 Å². The summed E-state index contributed by atoms with van der Waals surface area (Å²) in [6, 6.07) is 51.9. The first-order valence-corrected chi connectivity index (χ1v) is 39.5. The van der Waals surface area contributed by atoms with E-state index in [2.05, 4.69) is 72.0 Å². The summed E-state index contributed by atoms with van der Waals surface area (Å²) in [6.45, 7) is 11.8. The number of hydrogen-bond acceptors (Lipinski definition) is 12. The number of hydrogen-bond donors (Lipinski definition) is 0. The molecule has 0 bridgehead atoms. The first-order valence-electron chi connectivity index (χ1n) is 39.5. The van der Waals surface area contributed by atoms with Crippen molar-refractivity contribution in [2.75, 3.05) is 26.4 Å². The van der Waals surface area contributed by atoms with Gasteiger partial charge in [-0.2, -0.15) is 0 Å². The number of ether oxygens (including phenoxy) is 4. The maximum Gasteiger partial charge on any atom is 0.167 e. The highest BCUT2D eigenvalue weighted by Gasteiger charge is 2.18. The van der Waals surface area contributed by atoms with E-state index in [0.29, 0.717) is 83.4 Å². The Bertz CT molecular complexity index is 3680. The molecule has 12 nitrogen and oxygen atoms in total. The molecule has 0 spiro atoms. The number of benzene rings is 6. The van der Waals surface area contributed by atoms with E-state index in [9.17, 15) is 0 Å². The molecule has 0 fully saturated rings. The Hall–Kier alpha value is -9.52. The molecule has 12 heteroatoms. The molecule has 4 heterocycles. The summed E-state index contributed by atoms with van der Waals surface area (Å²) in [5.74, 6) is 18.6. The monoisotopic (exact) mass is 1400 g/mol. The molecule has 0 amide bonds. The van der Waals surface area contributed by atoms with Crippen molar-refractivity contribution in [3.05, 3.63) is 169 Å². The van der Waals surface area contributed by atoms with Gasteiger partial charge >= 0.3 is 0 Å². The lowest BCUT2D eigenvalue weighted by molar-refractivity contribution is 0.304. The van der Waals surface area contributed by atoms with Crippen molar-refractivity contribution in [3.63, 3.8) is 0 Å². The van der Waals surface area contributed by atoms with E-state index in [4.69, 9.17) is 37.0 Å². The van der Waals surface area contributed by atoms with Gasteiger partial charge in [0.1, 0.15) is 45.8 Å². The van der Waals surface area contributed by atoms with Crippen LogP contribution in [-0.4, -0.2) is 47.1 Å². The Morgan fingerprint density at radius 3 is 0.644 bits per heavy atom. The second-order valence-electron chi connectivity index (χ2n) is 27.8. The van der Waals surface area contributed by atoms with E-state index in [1.54, 1.807) is 0 Å². The zero-order valence-electron chi connectivity index (χ0n) is 62.5. The van der Waals surface area contributed by atoms with Crippen LogP contribution in [0.3, 0.4) is 0 Å². The molecule has 10 rings (SSSR count). The van der Waals surface area contributed by atoms with Crippen molar-refractivity contribution in [2.24, 2.45) is 0 Å². The van der Waals surface area contributed by atoms with Gasteiger partial charge in [0.2, 0.25) is 0 Å². The molecule has 6 aromatic carbocycles. The van der Waals surface area contributed by atoms with Crippen LogP contribution in [0.1, 0.15) is 244 Å². The lowest BCUT2D eigenvalue weighted by Gasteiger charge is -2.07. The molecule has 104 heavy (non-hydrogen) atoms. The van der Waals surface area contributed by atoms with Crippen LogP contribution in [0.25, 0.3) is 90.3 Å². The van der Waals surface area contributed by atoms with Crippen LogP contribution in [0.5, 0.6) is 23.0 Å². The predicted molar refractivity (Wildman–Crippen MR) is 423 cm³/mol. The average molecular weight is 1400 g/mol. The Balaban J connectivity index is 0.876. The van der Waals surface area contributed by atoms with E-state index in [1.165, 1.54) is 180 Å². The maximum atomic E-state index is 6.14. The normalized spacial score (nSPS) is 11.2. The van der Waals surface area contributed by atoms with Gasteiger partial charge in [0.15, 0.2) is 23.0 Å². The third-order valence-electron chi connectivity index (χ3n) is 19.2. The van der Waals surface area contributed by atoms with E-state index >= 15 is 0 Å². The van der Waals surface area contributed by atoms with Crippen LogP contribution in [-0.2, 0) is 0 Å². The van der Waals surface area contributed by atoms with Crippen LogP contribution < -0.4 is 18.9 Å². The van der Waals surface area contributed by atoms with Gasteiger partial charge in [-0.05, 0) is 171 Å². The van der Waals surface area contributed by atoms with Crippen LogP contribution in [0.4, 0.5) is 0 Å². The van der Waals surface area contributed by atoms with E-state index in [1.807, 2.05) is 158 Å². The molecule has 546 valence electrons. The van der Waals surface area contributed by atoms with Crippen LogP contribution >= 0.6 is 0 Å². The summed E-state index contributed by atoms with van der Waals surface area (Å²) in [5.41, 5.74) is 10.8. The van der Waals surface area contributed by atoms with E-state index in [-0.39, 0.29) is 0 Å². The molecule has 0 N–H and O–H groups in total. The largest absolute Gasteiger partial charge is 0.494 e. The van der Waals surface area contributed by atoms with Crippen molar-refractivity contribution < 1.29 is 37.0 Å². The Labute approximate surface area is 619 Å². The molecular formula is C92H110N4O8. The maximum absolute atomic E-state index is 6.14. The SMILES string of the molecule is CCCCCCCCCCOc1ccc(-c2cc(-c3cc(C#CC#Cc4cc(-c5cc(-c6ccc(OCCCCCCCCCC)cc6)no5)cc(-c5cc(-c6ccc(OCCCCCCCCCC)cc6)no5)c4)cc(-c4cc(-c5ccc(OCCCCCCCCCC)cc5)no4)c3)on2)cc1. The van der Waals surface area contributed by atoms with Gasteiger partial charge in [0.05, 0.1) is 26.4 Å². The first-order chi connectivity index (χ1) is 51.4. The minimum atomic E-state index is 0.564. The fourth-order valence-corrected chi connectivity index (χ4v) is 13.0. The lowest BCUT2D eigenvalue weighted by Crippen LogP contribution is -1.97. The van der Waals surface area contributed by atoms with Gasteiger partial charge in [0.25, 0.3) is 0 Å². The Kier molecular flexibility index (Phi) is 32.8. The fourth-order valence-electron chi connectivity index (χ4n) is 13.0. The summed E-state index contributed by atoms with van der Waals surface area (Å²) in [7, 11) is 0. The van der Waals surface area contributed by atoms with Crippen LogP contribution in [0, 0.1) is 23.7 Å². The van der Waals surface area contributed by atoms with Gasteiger partial charge in [-0.3, -0.25) is 0 Å². The van der Waals surface area contributed by atoms with Crippen LogP contribution in [0.2, 0.25) is 0 Å². The van der Waals surface area contributed by atoms with Crippen molar-refractivity contribution in [3.8, 4) is 137 Å². The molecular weight excluding hydrogens is 1290 g/mol. The molecule has 0 saturated heterocycles. The quantitative estimate of drug-likeness (QED) is 0.0265. The fraction of sp³-hybridized carbons (Fsp3) is 0.435. The minimum Gasteiger partial charge on any atom is -0.494 e. The number of aromatic nitrogens is 4. The highest BCUT2D eigenvalue weighted by atomic mass is 16.5. The molecule has 0 saturated carbocycles. The molecule has 10 aromatic rings. The van der Waals surface area contributed by atoms with Crippen molar-refractivity contribution in [1.29, 1.82) is 0 Å². The molecule has 0 aliphatic rings. The van der Waals surface area contributed by atoms with Gasteiger partial charge < -0.3 is 37.0 Å². The van der Waals surface area contributed by atoms with E-state index < -0.39 is 0 Å². The van der Waals surface area contributed by atoms with Crippen molar-refractivity contribution in [1.82, 2.24) is 20.6 Å². The van der Waals surface area contributed by atoms with Gasteiger partial charge in [-0.25, -0.2) is 0 Å². The highest BCUT2D eigenvalue weighted by molar-refractivity contribution is 5.78. The first kappa shape index (κ1) is 77.1. The molecule has 0 unspecified atom stereocenters. The predicted octanol–water partition coefficient (Wildman–Crippen LogP) is 26.5. The Morgan fingerprint density at radius 2 is 0.433 bits per heavy atom. The lowest BCUT2D eigenvalue weighted by atomic mass is 10.0. The topological polar surface area (TPSA) is 141 Å². The number of nitrogens with zero attached hydrogens (tertiary/aromatic N) is 4. The summed E-state index contributed by atoms with van der Waals surface area (Å²) in [4.78, 5) is 0. The van der Waals surface area contributed by atoms with Crippen molar-refractivity contribution in [2.45, 2.75) is 233 Å². The minimum absolute atomic E-state index is 0.564. The molecule has 0 atom stereocenters. The molecule has 4 aromatic heterocycles. The standard InChI is InChI=1S/C92H110N4O8/c1-5-9-13-17-21-25-29-35-57-97-81-49-41-73(42-50-81)85-67-89(101-93-85)77-61-71(62-78(65-77)90-68-86(94-102-90)74-43-51-82(52-44-74)98-58-36-30-26-22-18-14-10-6-2)39-33-34-40-72-63-79(91-69-87(95-103-91)75-45-53-83(54-46-75)99-59-37-31-27-23-19-15-11-7-3)66-80(64-72)92-70-88(96-104-92)76-47-55-84(56-48-76)100-60-38-32-28-24-20-16-12-8-4/h41-56,61-70H,5-32,35-38,57-60H2,1-4H3.